The number of rotatable bonds is 4. The number of nitrogens with one attached hydrogen (secondary N) is 1. The zero-order chi connectivity index (χ0) is 14.1. The molecule has 1 unspecified atom stereocenters. The smallest absolute Gasteiger partial charge is 0.125 e. The standard InChI is InChI=1S/C14H20N6.H2/c1-4-13(15-14-9-10(2)17-19(14)3)20-12-8-6-5-7-11(12)16-18-20;/h5,7,9,13,15H,4,6,8H2,1-3H3;1H. The van der Waals surface area contributed by atoms with Crippen LogP contribution in [0.2, 0.25) is 0 Å². The third-order valence-electron chi connectivity index (χ3n) is 3.64. The van der Waals surface area contributed by atoms with Crippen LogP contribution in [-0.2, 0) is 13.5 Å². The van der Waals surface area contributed by atoms with E-state index in [9.17, 15) is 0 Å². The SMILES string of the molecule is CCC(Nc1cc(C)nn1C)n1nnc2c1CCC=C2.[HH]. The highest BCUT2D eigenvalue weighted by atomic mass is 15.5. The number of hydrogen-bond donors (Lipinski definition) is 1. The minimum absolute atomic E-state index is 0. The maximum absolute atomic E-state index is 4.36. The second-order valence-corrected chi connectivity index (χ2v) is 5.17. The van der Waals surface area contributed by atoms with Crippen LogP contribution in [0.4, 0.5) is 5.82 Å². The summed E-state index contributed by atoms with van der Waals surface area (Å²) < 4.78 is 3.88. The van der Waals surface area contributed by atoms with Gasteiger partial charge in [-0.15, -0.1) is 5.10 Å². The van der Waals surface area contributed by atoms with Crippen LogP contribution < -0.4 is 5.32 Å². The first kappa shape index (κ1) is 12.9. The number of aryl methyl sites for hydroxylation is 2. The number of allylic oxidation sites excluding steroid dienone is 1. The quantitative estimate of drug-likeness (QED) is 0.930. The van der Waals surface area contributed by atoms with Gasteiger partial charge in [-0.25, -0.2) is 4.68 Å². The molecule has 2 heterocycles. The van der Waals surface area contributed by atoms with Gasteiger partial charge in [-0.3, -0.25) is 4.68 Å². The minimum atomic E-state index is 0. The number of nitrogens with zero attached hydrogens (tertiary/aromatic N) is 5. The molecule has 20 heavy (non-hydrogen) atoms. The Morgan fingerprint density at radius 1 is 1.50 bits per heavy atom. The van der Waals surface area contributed by atoms with Crippen LogP contribution in [0.25, 0.3) is 6.08 Å². The van der Waals surface area contributed by atoms with Gasteiger partial charge in [-0.2, -0.15) is 5.10 Å². The van der Waals surface area contributed by atoms with E-state index in [0.717, 1.165) is 36.5 Å². The molecule has 6 nitrogen and oxygen atoms in total. The highest BCUT2D eigenvalue weighted by Crippen LogP contribution is 2.23. The summed E-state index contributed by atoms with van der Waals surface area (Å²) in [5.41, 5.74) is 3.22. The monoisotopic (exact) mass is 274 g/mol. The van der Waals surface area contributed by atoms with Crippen molar-refractivity contribution in [2.75, 3.05) is 5.32 Å². The van der Waals surface area contributed by atoms with E-state index in [2.05, 4.69) is 39.8 Å². The lowest BCUT2D eigenvalue weighted by molar-refractivity contribution is 0.455. The van der Waals surface area contributed by atoms with Crippen molar-refractivity contribution in [3.8, 4) is 0 Å². The van der Waals surface area contributed by atoms with Crippen LogP contribution in [0.5, 0.6) is 0 Å². The Morgan fingerprint density at radius 2 is 2.35 bits per heavy atom. The second-order valence-electron chi connectivity index (χ2n) is 5.17. The molecule has 1 N–H and O–H groups in total. The van der Waals surface area contributed by atoms with Crippen molar-refractivity contribution in [1.29, 1.82) is 0 Å². The van der Waals surface area contributed by atoms with Gasteiger partial charge in [-0.1, -0.05) is 18.2 Å². The molecule has 0 aromatic carbocycles. The first-order valence-corrected chi connectivity index (χ1v) is 7.07. The van der Waals surface area contributed by atoms with Crippen LogP contribution in [0, 0.1) is 6.92 Å². The van der Waals surface area contributed by atoms with Gasteiger partial charge in [-0.05, 0) is 32.3 Å². The molecule has 0 saturated heterocycles. The molecule has 1 atom stereocenters. The van der Waals surface area contributed by atoms with Gasteiger partial charge in [0.05, 0.1) is 11.4 Å². The number of aromatic nitrogens is 5. The normalized spacial score (nSPS) is 15.2. The fourth-order valence-corrected chi connectivity index (χ4v) is 2.62. The van der Waals surface area contributed by atoms with Crippen LogP contribution >= 0.6 is 0 Å². The van der Waals surface area contributed by atoms with Gasteiger partial charge in [0.1, 0.15) is 17.7 Å². The van der Waals surface area contributed by atoms with E-state index in [1.807, 2.05) is 29.4 Å². The van der Waals surface area contributed by atoms with Crippen LogP contribution in [0.15, 0.2) is 12.1 Å². The predicted octanol–water partition coefficient (Wildman–Crippen LogP) is 2.55. The summed E-state index contributed by atoms with van der Waals surface area (Å²) in [5.74, 6) is 1.00. The van der Waals surface area contributed by atoms with Gasteiger partial charge in [0.25, 0.3) is 0 Å². The molecule has 3 rings (SSSR count). The van der Waals surface area contributed by atoms with Gasteiger partial charge >= 0.3 is 0 Å². The van der Waals surface area contributed by atoms with Crippen LogP contribution in [0.3, 0.4) is 0 Å². The molecule has 0 bridgehead atoms. The summed E-state index contributed by atoms with van der Waals surface area (Å²) in [7, 11) is 1.95. The van der Waals surface area contributed by atoms with Crippen LogP contribution in [-0.4, -0.2) is 24.8 Å². The van der Waals surface area contributed by atoms with Crippen LogP contribution in [0.1, 0.15) is 44.4 Å². The maximum Gasteiger partial charge on any atom is 0.125 e. The fraction of sp³-hybridized carbons (Fsp3) is 0.500. The van der Waals surface area contributed by atoms with E-state index < -0.39 is 0 Å². The van der Waals surface area contributed by atoms with Crippen molar-refractivity contribution in [3.05, 3.63) is 29.2 Å². The first-order chi connectivity index (χ1) is 9.69. The minimum Gasteiger partial charge on any atom is -0.349 e. The molecular weight excluding hydrogens is 252 g/mol. The van der Waals surface area contributed by atoms with Crippen molar-refractivity contribution in [1.82, 2.24) is 24.8 Å². The molecule has 2 aromatic heterocycles. The molecule has 0 aliphatic heterocycles. The van der Waals surface area contributed by atoms with Crippen molar-refractivity contribution < 1.29 is 1.43 Å². The average molecular weight is 274 g/mol. The number of anilines is 1. The lowest BCUT2D eigenvalue weighted by Gasteiger charge is -2.20. The molecule has 108 valence electrons. The summed E-state index contributed by atoms with van der Waals surface area (Å²) in [6.07, 6.45) is 7.31. The zero-order valence-electron chi connectivity index (χ0n) is 12.2. The Labute approximate surface area is 120 Å². The van der Waals surface area contributed by atoms with Crippen molar-refractivity contribution >= 4 is 11.9 Å². The summed E-state index contributed by atoms with van der Waals surface area (Å²) >= 11 is 0. The second kappa shape index (κ2) is 5.11. The lowest BCUT2D eigenvalue weighted by atomic mass is 10.1. The molecule has 6 heteroatoms. The van der Waals surface area contributed by atoms with E-state index in [4.69, 9.17) is 0 Å². The summed E-state index contributed by atoms with van der Waals surface area (Å²) in [4.78, 5) is 0. The number of fused-ring (bicyclic) bond motifs is 1. The van der Waals surface area contributed by atoms with E-state index in [-0.39, 0.29) is 7.59 Å². The molecule has 0 fully saturated rings. The lowest BCUT2D eigenvalue weighted by Crippen LogP contribution is -2.22. The molecule has 0 saturated carbocycles. The van der Waals surface area contributed by atoms with Gasteiger partial charge < -0.3 is 5.32 Å². The third kappa shape index (κ3) is 2.21. The van der Waals surface area contributed by atoms with Gasteiger partial charge in [0, 0.05) is 14.5 Å². The zero-order valence-corrected chi connectivity index (χ0v) is 12.2. The van der Waals surface area contributed by atoms with E-state index in [1.54, 1.807) is 0 Å². The molecule has 0 amide bonds. The molecular formula is C14H22N6. The van der Waals surface area contributed by atoms with Gasteiger partial charge in [0.2, 0.25) is 0 Å². The summed E-state index contributed by atoms with van der Waals surface area (Å²) in [6.45, 7) is 4.14. The van der Waals surface area contributed by atoms with Crippen molar-refractivity contribution in [2.45, 2.75) is 39.3 Å². The Balaban J connectivity index is 0.00000161. The topological polar surface area (TPSA) is 60.6 Å². The largest absolute Gasteiger partial charge is 0.349 e. The Kier molecular flexibility index (Phi) is 3.30. The number of hydrogen-bond acceptors (Lipinski definition) is 4. The maximum atomic E-state index is 4.36. The van der Waals surface area contributed by atoms with E-state index >= 15 is 0 Å². The molecule has 1 aliphatic rings. The molecule has 0 radical (unpaired) electrons. The Hall–Kier alpha value is -2.11. The molecule has 0 spiro atoms. The summed E-state index contributed by atoms with van der Waals surface area (Å²) in [6, 6.07) is 2.05. The van der Waals surface area contributed by atoms with E-state index in [1.165, 1.54) is 5.69 Å². The fourth-order valence-electron chi connectivity index (χ4n) is 2.62. The highest BCUT2D eigenvalue weighted by molar-refractivity contribution is 5.49. The third-order valence-corrected chi connectivity index (χ3v) is 3.64. The van der Waals surface area contributed by atoms with Crippen molar-refractivity contribution in [3.63, 3.8) is 0 Å². The van der Waals surface area contributed by atoms with Gasteiger partial charge in [0.15, 0.2) is 0 Å². The average Bonchev–Trinajstić information content (AvgIpc) is 3.00. The van der Waals surface area contributed by atoms with Crippen molar-refractivity contribution in [2.24, 2.45) is 7.05 Å². The first-order valence-electron chi connectivity index (χ1n) is 7.07. The highest BCUT2D eigenvalue weighted by Gasteiger charge is 2.20. The Morgan fingerprint density at radius 3 is 3.05 bits per heavy atom. The summed E-state index contributed by atoms with van der Waals surface area (Å²) in [5, 5.41) is 16.5. The van der Waals surface area contributed by atoms with E-state index in [0.29, 0.717) is 0 Å². The predicted molar refractivity (Wildman–Crippen MR) is 80.4 cm³/mol. The Bertz CT molecular complexity index is 642. The molecule has 1 aliphatic carbocycles. The molecule has 2 aromatic rings.